The first kappa shape index (κ1) is 22.5. The third kappa shape index (κ3) is 4.15. The number of hydrogen-bond donors (Lipinski definition) is 3. The molecule has 0 radical (unpaired) electrons. The maximum atomic E-state index is 12.5. The van der Waals surface area contributed by atoms with E-state index >= 15 is 0 Å². The van der Waals surface area contributed by atoms with Crippen molar-refractivity contribution < 1.29 is 34.4 Å². The smallest absolute Gasteiger partial charge is 0.344 e. The van der Waals surface area contributed by atoms with Crippen LogP contribution in [0, 0.1) is 0 Å². The number of fused-ring (bicyclic) bond motifs is 1. The van der Waals surface area contributed by atoms with Crippen molar-refractivity contribution in [1.29, 1.82) is 0 Å². The predicted octanol–water partition coefficient (Wildman–Crippen LogP) is 0.305. The molecule has 0 spiro atoms. The van der Waals surface area contributed by atoms with Gasteiger partial charge in [0.15, 0.2) is 0 Å². The molecule has 0 bridgehead atoms. The lowest BCUT2D eigenvalue weighted by Gasteiger charge is -2.38. The van der Waals surface area contributed by atoms with Gasteiger partial charge in [0, 0.05) is 18.7 Å². The van der Waals surface area contributed by atoms with Crippen molar-refractivity contribution in [3.05, 3.63) is 23.3 Å². The monoisotopic (exact) mass is 397 g/mol. The zero-order chi connectivity index (χ0) is 21.3. The molecule has 2 heterocycles. The minimum Gasteiger partial charge on any atom is -0.459 e. The van der Waals surface area contributed by atoms with E-state index in [1.165, 1.54) is 20.8 Å². The Morgan fingerprint density at radius 3 is 2.57 bits per heavy atom. The molecule has 158 valence electrons. The topological polar surface area (TPSA) is 117 Å². The molecule has 0 unspecified atom stereocenters. The van der Waals surface area contributed by atoms with Gasteiger partial charge in [-0.2, -0.15) is 0 Å². The molecule has 0 aromatic carbocycles. The van der Waals surface area contributed by atoms with Gasteiger partial charge in [0.25, 0.3) is 0 Å². The molecular formula is C20H31NO7. The van der Waals surface area contributed by atoms with E-state index in [-0.39, 0.29) is 24.7 Å². The Hall–Kier alpha value is -1.74. The Balaban J connectivity index is 2.06. The molecule has 1 saturated heterocycles. The number of allylic oxidation sites excluding steroid dienone is 1. The van der Waals surface area contributed by atoms with Crippen LogP contribution in [-0.4, -0.2) is 81.3 Å². The number of aliphatic hydroxyl groups excluding tert-OH is 1. The van der Waals surface area contributed by atoms with E-state index in [9.17, 15) is 24.9 Å². The second-order valence-corrected chi connectivity index (χ2v) is 8.00. The van der Waals surface area contributed by atoms with Crippen LogP contribution in [0.15, 0.2) is 23.3 Å². The average molecular weight is 397 g/mol. The summed E-state index contributed by atoms with van der Waals surface area (Å²) in [6.07, 6.45) is 2.40. The minimum absolute atomic E-state index is 0.123. The van der Waals surface area contributed by atoms with Crippen molar-refractivity contribution in [2.24, 2.45) is 0 Å². The summed E-state index contributed by atoms with van der Waals surface area (Å²) in [6.45, 7) is 8.42. The highest BCUT2D eigenvalue weighted by molar-refractivity contribution is 5.87. The van der Waals surface area contributed by atoms with Crippen LogP contribution < -0.4 is 0 Å². The molecule has 1 fully saturated rings. The second kappa shape index (κ2) is 8.32. The first-order chi connectivity index (χ1) is 12.9. The fraction of sp³-hybridized carbons (Fsp3) is 0.700. The van der Waals surface area contributed by atoms with E-state index in [2.05, 4.69) is 4.90 Å². The van der Waals surface area contributed by atoms with Crippen molar-refractivity contribution >= 4 is 11.9 Å². The van der Waals surface area contributed by atoms with Gasteiger partial charge in [-0.05, 0) is 46.6 Å². The lowest BCUT2D eigenvalue weighted by Crippen LogP contribution is -2.63. The van der Waals surface area contributed by atoms with Crippen molar-refractivity contribution in [2.75, 3.05) is 19.7 Å². The Morgan fingerprint density at radius 1 is 1.39 bits per heavy atom. The minimum atomic E-state index is -2.46. The second-order valence-electron chi connectivity index (χ2n) is 8.00. The number of esters is 2. The van der Waals surface area contributed by atoms with Crippen molar-refractivity contribution in [2.45, 2.75) is 70.5 Å². The third-order valence-corrected chi connectivity index (χ3v) is 5.65. The quantitative estimate of drug-likeness (QED) is 0.319. The molecule has 2 aliphatic heterocycles. The summed E-state index contributed by atoms with van der Waals surface area (Å²) < 4.78 is 10.9. The van der Waals surface area contributed by atoms with Crippen molar-refractivity contribution in [1.82, 2.24) is 4.90 Å². The summed E-state index contributed by atoms with van der Waals surface area (Å²) >= 11 is 0. The van der Waals surface area contributed by atoms with Gasteiger partial charge in [0.1, 0.15) is 18.3 Å². The van der Waals surface area contributed by atoms with E-state index in [0.29, 0.717) is 18.5 Å². The van der Waals surface area contributed by atoms with Gasteiger partial charge in [-0.1, -0.05) is 12.2 Å². The van der Waals surface area contributed by atoms with Crippen LogP contribution in [-0.2, 0) is 19.1 Å². The number of carbonyl (C=O) groups is 2. The summed E-state index contributed by atoms with van der Waals surface area (Å²) in [5.74, 6) is -1.48. The first-order valence-corrected chi connectivity index (χ1v) is 9.50. The van der Waals surface area contributed by atoms with Crippen LogP contribution >= 0.6 is 0 Å². The van der Waals surface area contributed by atoms with Gasteiger partial charge in [-0.3, -0.25) is 4.90 Å². The normalized spacial score (nSPS) is 26.3. The van der Waals surface area contributed by atoms with Crippen LogP contribution in [0.2, 0.25) is 0 Å². The molecule has 8 heteroatoms. The Morgan fingerprint density at radius 2 is 2.04 bits per heavy atom. The number of hydrogen-bond acceptors (Lipinski definition) is 8. The standard InChI is InChI=1S/C20H31NO7/c1-6-12(2)17(23)28-15-8-10-21-9-7-14(16(15)21)11-27-18(24)20(26,13(3)22)19(4,5)25/h6-7,13,15-16,22,25-26H,8-11H2,1-5H3/b12-6+/t13-,15+,16+,20+/m0/s1. The highest BCUT2D eigenvalue weighted by Gasteiger charge is 2.54. The number of carbonyl (C=O) groups excluding carboxylic acids is 2. The van der Waals surface area contributed by atoms with E-state index in [4.69, 9.17) is 9.47 Å². The maximum Gasteiger partial charge on any atom is 0.344 e. The Bertz CT molecular complexity index is 677. The molecular weight excluding hydrogens is 366 g/mol. The van der Waals surface area contributed by atoms with Gasteiger partial charge in [0.2, 0.25) is 5.60 Å². The summed E-state index contributed by atoms with van der Waals surface area (Å²) in [5, 5.41) is 30.5. The van der Waals surface area contributed by atoms with Crippen LogP contribution in [0.1, 0.15) is 41.0 Å². The molecule has 0 saturated carbocycles. The molecule has 2 rings (SSSR count). The number of nitrogens with zero attached hydrogens (tertiary/aromatic N) is 1. The van der Waals surface area contributed by atoms with Crippen LogP contribution in [0.3, 0.4) is 0 Å². The zero-order valence-electron chi connectivity index (χ0n) is 17.1. The maximum absolute atomic E-state index is 12.5. The number of ether oxygens (including phenoxy) is 2. The van der Waals surface area contributed by atoms with Crippen molar-refractivity contribution in [3.8, 4) is 0 Å². The highest BCUT2D eigenvalue weighted by Crippen LogP contribution is 2.33. The molecule has 28 heavy (non-hydrogen) atoms. The highest BCUT2D eigenvalue weighted by atomic mass is 16.6. The molecule has 4 atom stereocenters. The SMILES string of the molecule is C/C=C(\C)C(=O)O[C@@H]1CCN2CC=C(COC(=O)[C@](O)([C@H](C)O)C(C)(C)O)[C@H]12. The Labute approximate surface area is 165 Å². The number of aliphatic hydroxyl groups is 3. The fourth-order valence-electron chi connectivity index (χ4n) is 3.66. The largest absolute Gasteiger partial charge is 0.459 e. The van der Waals surface area contributed by atoms with Gasteiger partial charge in [-0.25, -0.2) is 9.59 Å². The molecule has 3 N–H and O–H groups in total. The van der Waals surface area contributed by atoms with Crippen LogP contribution in [0.25, 0.3) is 0 Å². The van der Waals surface area contributed by atoms with E-state index in [0.717, 1.165) is 12.1 Å². The van der Waals surface area contributed by atoms with Gasteiger partial charge in [0.05, 0.1) is 12.1 Å². The molecule has 0 aromatic heterocycles. The molecule has 0 amide bonds. The summed E-state index contributed by atoms with van der Waals surface area (Å²) in [5.41, 5.74) is -3.06. The van der Waals surface area contributed by atoms with E-state index < -0.39 is 23.3 Å². The molecule has 0 aliphatic carbocycles. The molecule has 0 aromatic rings. The van der Waals surface area contributed by atoms with Crippen LogP contribution in [0.4, 0.5) is 0 Å². The van der Waals surface area contributed by atoms with E-state index in [1.54, 1.807) is 19.9 Å². The number of rotatable bonds is 7. The van der Waals surface area contributed by atoms with Gasteiger partial charge in [-0.15, -0.1) is 0 Å². The first-order valence-electron chi connectivity index (χ1n) is 9.50. The van der Waals surface area contributed by atoms with Gasteiger partial charge < -0.3 is 24.8 Å². The Kier molecular flexibility index (Phi) is 6.70. The summed E-state index contributed by atoms with van der Waals surface area (Å²) in [6, 6.07) is -0.191. The van der Waals surface area contributed by atoms with E-state index in [1.807, 2.05) is 6.08 Å². The zero-order valence-corrected chi connectivity index (χ0v) is 17.1. The third-order valence-electron chi connectivity index (χ3n) is 5.65. The summed E-state index contributed by atoms with van der Waals surface area (Å²) in [4.78, 5) is 26.7. The lowest BCUT2D eigenvalue weighted by atomic mass is 9.81. The van der Waals surface area contributed by atoms with Crippen LogP contribution in [0.5, 0.6) is 0 Å². The predicted molar refractivity (Wildman–Crippen MR) is 101 cm³/mol. The van der Waals surface area contributed by atoms with Gasteiger partial charge >= 0.3 is 11.9 Å². The lowest BCUT2D eigenvalue weighted by molar-refractivity contribution is -0.213. The molecule has 8 nitrogen and oxygen atoms in total. The fourth-order valence-corrected chi connectivity index (χ4v) is 3.66. The summed E-state index contributed by atoms with van der Waals surface area (Å²) in [7, 11) is 0. The molecule has 2 aliphatic rings. The average Bonchev–Trinajstić information content (AvgIpc) is 3.20. The van der Waals surface area contributed by atoms with Crippen molar-refractivity contribution in [3.63, 3.8) is 0 Å².